The van der Waals surface area contributed by atoms with Gasteiger partial charge in [0, 0.05) is 6.54 Å². The summed E-state index contributed by atoms with van der Waals surface area (Å²) in [6, 6.07) is 9.83. The maximum atomic E-state index is 11.8. The summed E-state index contributed by atoms with van der Waals surface area (Å²) in [5, 5.41) is 3.38. The summed E-state index contributed by atoms with van der Waals surface area (Å²) in [4.78, 5) is 11.8. The molecule has 0 heterocycles. The van der Waals surface area contributed by atoms with Crippen LogP contribution in [0.3, 0.4) is 0 Å². The number of carbonyl (C=O) groups excluding carboxylic acids is 1. The molecule has 0 radical (unpaired) electrons. The molecule has 1 fully saturated rings. The van der Waals surface area contributed by atoms with Crippen LogP contribution in [0, 0.1) is 5.92 Å². The minimum atomic E-state index is -0.202. The molecule has 0 aromatic heterocycles. The fourth-order valence-corrected chi connectivity index (χ4v) is 2.33. The molecular formula is C16H23NO2. The van der Waals surface area contributed by atoms with Crippen molar-refractivity contribution in [2.24, 2.45) is 5.92 Å². The van der Waals surface area contributed by atoms with Crippen molar-refractivity contribution in [1.29, 1.82) is 0 Å². The van der Waals surface area contributed by atoms with E-state index in [1.54, 1.807) is 0 Å². The van der Waals surface area contributed by atoms with Gasteiger partial charge in [0.2, 0.25) is 0 Å². The first-order valence-corrected chi connectivity index (χ1v) is 7.14. The first kappa shape index (κ1) is 14.1. The van der Waals surface area contributed by atoms with E-state index in [0.717, 1.165) is 18.0 Å². The number of hydrogen-bond donors (Lipinski definition) is 1. The standard InChI is InChI=1S/C16H23NO2/c1-19-16(18)15(14-7-3-2-4-8-14)12-17-11-5-6-13-9-10-13/h2-4,7-8,13,15,17H,5-6,9-12H2,1H3. The van der Waals surface area contributed by atoms with Gasteiger partial charge in [-0.3, -0.25) is 4.79 Å². The van der Waals surface area contributed by atoms with Gasteiger partial charge in [-0.1, -0.05) is 43.2 Å². The minimum Gasteiger partial charge on any atom is -0.469 e. The average molecular weight is 261 g/mol. The summed E-state index contributed by atoms with van der Waals surface area (Å²) in [6.45, 7) is 1.64. The van der Waals surface area contributed by atoms with Gasteiger partial charge in [-0.2, -0.15) is 0 Å². The fraction of sp³-hybridized carbons (Fsp3) is 0.562. The molecule has 104 valence electrons. The van der Waals surface area contributed by atoms with Crippen molar-refractivity contribution in [3.63, 3.8) is 0 Å². The van der Waals surface area contributed by atoms with E-state index in [4.69, 9.17) is 4.74 Å². The molecule has 0 saturated heterocycles. The molecule has 1 atom stereocenters. The largest absolute Gasteiger partial charge is 0.469 e. The lowest BCUT2D eigenvalue weighted by Gasteiger charge is -2.15. The van der Waals surface area contributed by atoms with Crippen LogP contribution in [0.2, 0.25) is 0 Å². The Bertz CT molecular complexity index is 387. The highest BCUT2D eigenvalue weighted by atomic mass is 16.5. The zero-order valence-corrected chi connectivity index (χ0v) is 11.6. The number of rotatable bonds is 8. The van der Waals surface area contributed by atoms with Gasteiger partial charge in [-0.15, -0.1) is 0 Å². The molecule has 1 unspecified atom stereocenters. The van der Waals surface area contributed by atoms with E-state index in [9.17, 15) is 4.79 Å². The Kier molecular flexibility index (Phi) is 5.40. The second-order valence-corrected chi connectivity index (χ2v) is 5.28. The van der Waals surface area contributed by atoms with E-state index in [0.29, 0.717) is 6.54 Å². The molecule has 0 spiro atoms. The second-order valence-electron chi connectivity index (χ2n) is 5.28. The maximum absolute atomic E-state index is 11.8. The molecule has 0 bridgehead atoms. The van der Waals surface area contributed by atoms with Crippen LogP contribution in [-0.2, 0) is 9.53 Å². The zero-order chi connectivity index (χ0) is 13.5. The summed E-state index contributed by atoms with van der Waals surface area (Å²) in [5.74, 6) is 0.611. The molecule has 0 amide bonds. The van der Waals surface area contributed by atoms with Crippen LogP contribution in [0.1, 0.15) is 37.2 Å². The maximum Gasteiger partial charge on any atom is 0.314 e. The summed E-state index contributed by atoms with van der Waals surface area (Å²) < 4.78 is 4.89. The van der Waals surface area contributed by atoms with Crippen LogP contribution in [0.25, 0.3) is 0 Å². The predicted octanol–water partition coefficient (Wildman–Crippen LogP) is 2.72. The second kappa shape index (κ2) is 7.29. The molecule has 1 aliphatic rings. The van der Waals surface area contributed by atoms with Crippen LogP contribution in [0.15, 0.2) is 30.3 Å². The Morgan fingerprint density at radius 2 is 2.11 bits per heavy atom. The number of carbonyl (C=O) groups is 1. The molecule has 1 aromatic rings. The van der Waals surface area contributed by atoms with Crippen molar-refractivity contribution in [1.82, 2.24) is 5.32 Å². The first-order chi connectivity index (χ1) is 9.31. The number of hydrogen-bond acceptors (Lipinski definition) is 3. The van der Waals surface area contributed by atoms with E-state index in [2.05, 4.69) is 5.32 Å². The molecule has 1 saturated carbocycles. The summed E-state index contributed by atoms with van der Waals surface area (Å²) in [5.41, 5.74) is 1.02. The molecule has 1 N–H and O–H groups in total. The van der Waals surface area contributed by atoms with Crippen LogP contribution in [0.4, 0.5) is 0 Å². The van der Waals surface area contributed by atoms with Gasteiger partial charge >= 0.3 is 5.97 Å². The smallest absolute Gasteiger partial charge is 0.314 e. The van der Waals surface area contributed by atoms with Crippen molar-refractivity contribution in [3.05, 3.63) is 35.9 Å². The van der Waals surface area contributed by atoms with Crippen molar-refractivity contribution in [3.8, 4) is 0 Å². The van der Waals surface area contributed by atoms with E-state index in [1.807, 2.05) is 30.3 Å². The van der Waals surface area contributed by atoms with Gasteiger partial charge in [0.25, 0.3) is 0 Å². The lowest BCUT2D eigenvalue weighted by Crippen LogP contribution is -2.28. The Balaban J connectivity index is 1.78. The quantitative estimate of drug-likeness (QED) is 0.577. The van der Waals surface area contributed by atoms with Gasteiger partial charge < -0.3 is 10.1 Å². The summed E-state index contributed by atoms with van der Waals surface area (Å²) in [6.07, 6.45) is 5.35. The monoisotopic (exact) mass is 261 g/mol. The van der Waals surface area contributed by atoms with Gasteiger partial charge in [0.1, 0.15) is 0 Å². The predicted molar refractivity (Wildman–Crippen MR) is 76.0 cm³/mol. The molecule has 19 heavy (non-hydrogen) atoms. The number of ether oxygens (including phenoxy) is 1. The lowest BCUT2D eigenvalue weighted by atomic mass is 9.99. The number of methoxy groups -OCH3 is 1. The summed E-state index contributed by atoms with van der Waals surface area (Å²) >= 11 is 0. The molecular weight excluding hydrogens is 238 g/mol. The third-order valence-electron chi connectivity index (χ3n) is 3.70. The molecule has 1 aromatic carbocycles. The Morgan fingerprint density at radius 3 is 2.74 bits per heavy atom. The van der Waals surface area contributed by atoms with Gasteiger partial charge in [0.15, 0.2) is 0 Å². The Morgan fingerprint density at radius 1 is 1.37 bits per heavy atom. The lowest BCUT2D eigenvalue weighted by molar-refractivity contribution is -0.142. The minimum absolute atomic E-state index is 0.166. The highest BCUT2D eigenvalue weighted by molar-refractivity contribution is 5.78. The highest BCUT2D eigenvalue weighted by Crippen LogP contribution is 2.33. The molecule has 1 aliphatic carbocycles. The molecule has 3 nitrogen and oxygen atoms in total. The van der Waals surface area contributed by atoms with Crippen molar-refractivity contribution < 1.29 is 9.53 Å². The van der Waals surface area contributed by atoms with E-state index in [1.165, 1.54) is 32.8 Å². The van der Waals surface area contributed by atoms with Crippen LogP contribution in [0.5, 0.6) is 0 Å². The topological polar surface area (TPSA) is 38.3 Å². The highest BCUT2D eigenvalue weighted by Gasteiger charge is 2.22. The number of nitrogens with one attached hydrogen (secondary N) is 1. The molecule has 2 rings (SSSR count). The number of benzene rings is 1. The van der Waals surface area contributed by atoms with Crippen molar-refractivity contribution in [2.45, 2.75) is 31.6 Å². The normalized spacial score (nSPS) is 16.1. The Hall–Kier alpha value is -1.35. The fourth-order valence-electron chi connectivity index (χ4n) is 2.33. The van der Waals surface area contributed by atoms with Crippen molar-refractivity contribution in [2.75, 3.05) is 20.2 Å². The van der Waals surface area contributed by atoms with Gasteiger partial charge in [-0.25, -0.2) is 0 Å². The SMILES string of the molecule is COC(=O)C(CNCCCC1CC1)c1ccccc1. The van der Waals surface area contributed by atoms with Gasteiger partial charge in [-0.05, 0) is 30.9 Å². The first-order valence-electron chi connectivity index (χ1n) is 7.14. The van der Waals surface area contributed by atoms with Crippen LogP contribution < -0.4 is 5.32 Å². The van der Waals surface area contributed by atoms with E-state index >= 15 is 0 Å². The van der Waals surface area contributed by atoms with Gasteiger partial charge in [0.05, 0.1) is 13.0 Å². The zero-order valence-electron chi connectivity index (χ0n) is 11.6. The van der Waals surface area contributed by atoms with Crippen LogP contribution in [-0.4, -0.2) is 26.2 Å². The van der Waals surface area contributed by atoms with Crippen molar-refractivity contribution >= 4 is 5.97 Å². The average Bonchev–Trinajstić information content (AvgIpc) is 3.27. The Labute approximate surface area is 115 Å². The van der Waals surface area contributed by atoms with E-state index in [-0.39, 0.29) is 11.9 Å². The number of esters is 1. The van der Waals surface area contributed by atoms with Crippen LogP contribution >= 0.6 is 0 Å². The third-order valence-corrected chi connectivity index (χ3v) is 3.70. The summed E-state index contributed by atoms with van der Waals surface area (Å²) in [7, 11) is 1.45. The third kappa shape index (κ3) is 4.67. The molecule has 0 aliphatic heterocycles. The molecule has 3 heteroatoms. The van der Waals surface area contributed by atoms with E-state index < -0.39 is 0 Å².